The predicted octanol–water partition coefficient (Wildman–Crippen LogP) is 4.42. The molecule has 0 aromatic heterocycles. The molecule has 3 aromatic carbocycles. The highest BCUT2D eigenvalue weighted by Crippen LogP contribution is 2.32. The number of nitrogens with one attached hydrogen (secondary N) is 3. The van der Waals surface area contributed by atoms with Gasteiger partial charge in [-0.1, -0.05) is 36.4 Å². The van der Waals surface area contributed by atoms with E-state index in [-0.39, 0.29) is 36.5 Å². The van der Waals surface area contributed by atoms with Crippen LogP contribution in [-0.2, 0) is 40.4 Å². The minimum Gasteiger partial charge on any atom is -0.506 e. The maximum absolute atomic E-state index is 13.5. The molecule has 5 N–H and O–H groups in total. The lowest BCUT2D eigenvalue weighted by Gasteiger charge is -2.28. The Bertz CT molecular complexity index is 1510. The number of rotatable bonds is 12. The van der Waals surface area contributed by atoms with Gasteiger partial charge in [-0.2, -0.15) is 13.2 Å². The van der Waals surface area contributed by atoms with Crippen LogP contribution < -0.4 is 15.4 Å². The maximum Gasteiger partial charge on any atom is 0.419 e. The molecule has 0 aliphatic rings. The van der Waals surface area contributed by atoms with E-state index in [2.05, 4.69) is 15.4 Å². The highest BCUT2D eigenvalue weighted by molar-refractivity contribution is 7.92. The Hall–Kier alpha value is -3.68. The zero-order valence-corrected chi connectivity index (χ0v) is 24.0. The molecule has 228 valence electrons. The van der Waals surface area contributed by atoms with Crippen LogP contribution in [0, 0.1) is 5.82 Å². The molecule has 1 atom stereocenters. The Labute approximate surface area is 241 Å². The summed E-state index contributed by atoms with van der Waals surface area (Å²) >= 11 is 0. The molecule has 0 heterocycles. The molecule has 0 aliphatic heterocycles. The van der Waals surface area contributed by atoms with Gasteiger partial charge in [0.25, 0.3) is 0 Å². The molecule has 0 aliphatic carbocycles. The van der Waals surface area contributed by atoms with Gasteiger partial charge in [0.1, 0.15) is 11.6 Å². The van der Waals surface area contributed by atoms with Gasteiger partial charge in [0, 0.05) is 18.6 Å². The van der Waals surface area contributed by atoms with Crippen LogP contribution in [-0.4, -0.2) is 42.9 Å². The van der Waals surface area contributed by atoms with Gasteiger partial charge in [0.15, 0.2) is 0 Å². The van der Waals surface area contributed by atoms with Crippen LogP contribution in [0.15, 0.2) is 60.7 Å². The zero-order chi connectivity index (χ0) is 31.3. The smallest absolute Gasteiger partial charge is 0.419 e. The molecule has 3 aromatic rings. The number of alkyl halides is 3. The number of carbonyl (C=O) groups is 1. The number of sulfonamides is 1. The maximum atomic E-state index is 13.5. The zero-order valence-electron chi connectivity index (χ0n) is 23.2. The number of β-amino-alcohol motifs (C(OH)–C–C–N with tert-alkyl or cyclic N) is 1. The molecule has 0 bridgehead atoms. The van der Waals surface area contributed by atoms with Gasteiger partial charge in [0.05, 0.1) is 30.0 Å². The van der Waals surface area contributed by atoms with E-state index in [1.165, 1.54) is 24.3 Å². The van der Waals surface area contributed by atoms with Crippen molar-refractivity contribution in [1.29, 1.82) is 0 Å². The van der Waals surface area contributed by atoms with Crippen molar-refractivity contribution in [2.45, 2.75) is 51.1 Å². The molecular formula is C29H33F4N3O5S. The fourth-order valence-corrected chi connectivity index (χ4v) is 4.79. The number of aliphatic hydroxyl groups is 1. The lowest BCUT2D eigenvalue weighted by atomic mass is 9.93. The number of amides is 1. The molecule has 0 unspecified atom stereocenters. The molecule has 1 amide bonds. The first-order valence-electron chi connectivity index (χ1n) is 12.9. The van der Waals surface area contributed by atoms with Gasteiger partial charge in [-0.25, -0.2) is 12.8 Å². The van der Waals surface area contributed by atoms with Crippen molar-refractivity contribution in [3.05, 3.63) is 94.3 Å². The molecule has 13 heteroatoms. The van der Waals surface area contributed by atoms with Gasteiger partial charge in [-0.05, 0) is 66.8 Å². The molecule has 42 heavy (non-hydrogen) atoms. The normalized spacial score (nSPS) is 13.0. The predicted molar refractivity (Wildman–Crippen MR) is 151 cm³/mol. The van der Waals surface area contributed by atoms with E-state index in [4.69, 9.17) is 0 Å². The first-order chi connectivity index (χ1) is 19.4. The number of anilines is 1. The summed E-state index contributed by atoms with van der Waals surface area (Å²) in [7, 11) is -3.62. The monoisotopic (exact) mass is 611 g/mol. The second-order valence-corrected chi connectivity index (χ2v) is 12.4. The van der Waals surface area contributed by atoms with Crippen LogP contribution in [0.2, 0.25) is 0 Å². The minimum atomic E-state index is -4.83. The average molecular weight is 612 g/mol. The number of benzene rings is 3. The van der Waals surface area contributed by atoms with E-state index in [1.54, 1.807) is 12.1 Å². The summed E-state index contributed by atoms with van der Waals surface area (Å²) in [6.45, 7) is 3.85. The summed E-state index contributed by atoms with van der Waals surface area (Å²) in [5.74, 6) is -2.04. The lowest BCUT2D eigenvalue weighted by Crippen LogP contribution is -2.43. The van der Waals surface area contributed by atoms with Gasteiger partial charge in [-0.3, -0.25) is 9.52 Å². The Morgan fingerprint density at radius 1 is 0.952 bits per heavy atom. The molecular weight excluding hydrogens is 578 g/mol. The van der Waals surface area contributed by atoms with Crippen molar-refractivity contribution >= 4 is 21.6 Å². The summed E-state index contributed by atoms with van der Waals surface area (Å²) in [4.78, 5) is 12.3. The summed E-state index contributed by atoms with van der Waals surface area (Å²) < 4.78 is 77.4. The lowest BCUT2D eigenvalue weighted by molar-refractivity contribution is -0.140. The van der Waals surface area contributed by atoms with Crippen molar-refractivity contribution in [3.63, 3.8) is 0 Å². The molecule has 0 fully saturated rings. The number of phenolic OH excluding ortho intramolecular Hbond substituents is 1. The second kappa shape index (κ2) is 13.1. The van der Waals surface area contributed by atoms with Crippen LogP contribution in [0.4, 0.5) is 23.2 Å². The number of aromatic hydroxyl groups is 1. The van der Waals surface area contributed by atoms with E-state index >= 15 is 0 Å². The second-order valence-electron chi connectivity index (χ2n) is 10.7. The van der Waals surface area contributed by atoms with Gasteiger partial charge in [0.2, 0.25) is 15.9 Å². The molecule has 0 radical (unpaired) electrons. The Balaban J connectivity index is 1.51. The van der Waals surface area contributed by atoms with Crippen LogP contribution in [0.5, 0.6) is 5.75 Å². The number of aliphatic hydroxyl groups excluding tert-OH is 1. The van der Waals surface area contributed by atoms with Crippen molar-refractivity contribution in [1.82, 2.24) is 10.6 Å². The van der Waals surface area contributed by atoms with Crippen LogP contribution >= 0.6 is 0 Å². The standard InChI is InChI=1S/C29H33F4N3O5S/c1-28(2,35-17-26(38)21-9-11-25(37)24(14-21)36-42(3,40)41)15-19-6-4-18(5-7-19)13-27(39)34-16-20-8-10-23(30)22(12-20)29(31,32)33/h4-12,14,26,35-38H,13,15-17H2,1-3H3,(H,34,39)/t26-/m1/s1. The largest absolute Gasteiger partial charge is 0.506 e. The molecule has 3 rings (SSSR count). The van der Waals surface area contributed by atoms with Gasteiger partial charge in [-0.15, -0.1) is 0 Å². The SMILES string of the molecule is CC(C)(Cc1ccc(CC(=O)NCc2ccc(F)c(C(F)(F)F)c2)cc1)NC[C@@H](O)c1ccc(O)c(NS(C)(=O)=O)c1. The number of halogens is 4. The third-order valence-electron chi connectivity index (χ3n) is 6.33. The van der Waals surface area contributed by atoms with Crippen molar-refractivity contribution in [2.75, 3.05) is 17.5 Å². The summed E-state index contributed by atoms with van der Waals surface area (Å²) in [5, 5.41) is 26.4. The molecule has 0 saturated carbocycles. The summed E-state index contributed by atoms with van der Waals surface area (Å²) in [5.41, 5.74) is 0.296. The van der Waals surface area contributed by atoms with Gasteiger partial charge < -0.3 is 20.8 Å². The summed E-state index contributed by atoms with van der Waals surface area (Å²) in [6, 6.07) is 14.0. The Kier molecular flexibility index (Phi) is 10.2. The number of hydrogen-bond acceptors (Lipinski definition) is 6. The van der Waals surface area contributed by atoms with Crippen molar-refractivity contribution < 1.29 is 41.0 Å². The minimum absolute atomic E-state index is 0.00421. The van der Waals surface area contributed by atoms with E-state index in [0.29, 0.717) is 23.6 Å². The fraction of sp³-hybridized carbons (Fsp3) is 0.345. The van der Waals surface area contributed by atoms with Crippen LogP contribution in [0.1, 0.15) is 47.8 Å². The van der Waals surface area contributed by atoms with E-state index < -0.39 is 45.1 Å². The van der Waals surface area contributed by atoms with Crippen molar-refractivity contribution in [2.24, 2.45) is 0 Å². The average Bonchev–Trinajstić information content (AvgIpc) is 2.87. The fourth-order valence-electron chi connectivity index (χ4n) is 4.23. The number of phenols is 1. The van der Waals surface area contributed by atoms with Crippen LogP contribution in [0.25, 0.3) is 0 Å². The highest BCUT2D eigenvalue weighted by atomic mass is 32.2. The highest BCUT2D eigenvalue weighted by Gasteiger charge is 2.34. The number of hydrogen-bond donors (Lipinski definition) is 5. The molecule has 8 nitrogen and oxygen atoms in total. The Morgan fingerprint density at radius 2 is 1.57 bits per heavy atom. The van der Waals surface area contributed by atoms with Crippen LogP contribution in [0.3, 0.4) is 0 Å². The van der Waals surface area contributed by atoms with E-state index in [1.807, 2.05) is 26.0 Å². The molecule has 0 saturated heterocycles. The first kappa shape index (κ1) is 32.8. The first-order valence-corrected chi connectivity index (χ1v) is 14.7. The quantitative estimate of drug-likeness (QED) is 0.152. The Morgan fingerprint density at radius 3 is 2.19 bits per heavy atom. The van der Waals surface area contributed by atoms with Crippen molar-refractivity contribution in [3.8, 4) is 5.75 Å². The summed E-state index contributed by atoms with van der Waals surface area (Å²) in [6.07, 6.45) is -4.29. The third kappa shape index (κ3) is 10.00. The third-order valence-corrected chi connectivity index (χ3v) is 6.92. The topological polar surface area (TPSA) is 128 Å². The van der Waals surface area contributed by atoms with Gasteiger partial charge >= 0.3 is 6.18 Å². The molecule has 0 spiro atoms. The number of carbonyl (C=O) groups excluding carboxylic acids is 1. The van der Waals surface area contributed by atoms with E-state index in [9.17, 15) is 41.0 Å². The van der Waals surface area contributed by atoms with E-state index in [0.717, 1.165) is 17.9 Å².